The third-order valence-corrected chi connectivity index (χ3v) is 3.70. The van der Waals surface area contributed by atoms with E-state index in [4.69, 9.17) is 0 Å². The van der Waals surface area contributed by atoms with Gasteiger partial charge in [-0.15, -0.1) is 0 Å². The van der Waals surface area contributed by atoms with Crippen LogP contribution in [0.5, 0.6) is 5.75 Å². The Morgan fingerprint density at radius 2 is 1.81 bits per heavy atom. The second-order valence-electron chi connectivity index (χ2n) is 5.22. The first-order valence-electron chi connectivity index (χ1n) is 7.03. The summed E-state index contributed by atoms with van der Waals surface area (Å²) in [5.41, 5.74) is 3.88. The second-order valence-corrected chi connectivity index (χ2v) is 5.22. The zero-order chi connectivity index (χ0) is 14.8. The highest BCUT2D eigenvalue weighted by molar-refractivity contribution is 5.87. The number of nitrogens with one attached hydrogen (secondary N) is 1. The average molecular weight is 278 g/mol. The van der Waals surface area contributed by atoms with Crippen LogP contribution in [0.25, 0.3) is 10.8 Å². The summed E-state index contributed by atoms with van der Waals surface area (Å²) in [5.74, 6) is 0.318. The van der Waals surface area contributed by atoms with E-state index in [-0.39, 0.29) is 0 Å². The minimum atomic E-state index is 0.318. The number of phenolic OH excluding ortho intramolecular Hbond substituents is 1. The van der Waals surface area contributed by atoms with Crippen LogP contribution in [0.15, 0.2) is 48.5 Å². The molecule has 2 N–H and O–H groups in total. The third kappa shape index (κ3) is 2.68. The van der Waals surface area contributed by atoms with Gasteiger partial charge in [-0.3, -0.25) is 4.98 Å². The maximum Gasteiger partial charge on any atom is 0.121 e. The van der Waals surface area contributed by atoms with Crippen molar-refractivity contribution < 1.29 is 5.11 Å². The van der Waals surface area contributed by atoms with E-state index in [1.807, 2.05) is 50.2 Å². The molecule has 0 aliphatic heterocycles. The van der Waals surface area contributed by atoms with Crippen LogP contribution in [-0.4, -0.2) is 10.1 Å². The van der Waals surface area contributed by atoms with Gasteiger partial charge in [-0.2, -0.15) is 0 Å². The summed E-state index contributed by atoms with van der Waals surface area (Å²) in [6, 6.07) is 15.8. The number of hydrogen-bond acceptors (Lipinski definition) is 3. The van der Waals surface area contributed by atoms with Crippen molar-refractivity contribution in [1.29, 1.82) is 0 Å². The normalized spacial score (nSPS) is 10.8. The molecule has 106 valence electrons. The first-order valence-corrected chi connectivity index (χ1v) is 7.03. The van der Waals surface area contributed by atoms with Gasteiger partial charge in [0.1, 0.15) is 5.75 Å². The number of anilines is 1. The van der Waals surface area contributed by atoms with Crippen molar-refractivity contribution in [3.05, 3.63) is 65.5 Å². The molecule has 3 aromatic rings. The van der Waals surface area contributed by atoms with Crippen molar-refractivity contribution in [3.8, 4) is 5.75 Å². The fourth-order valence-electron chi connectivity index (χ4n) is 2.57. The van der Waals surface area contributed by atoms with Crippen LogP contribution >= 0.6 is 0 Å². The lowest BCUT2D eigenvalue weighted by molar-refractivity contribution is 0.470. The van der Waals surface area contributed by atoms with E-state index in [9.17, 15) is 5.11 Å². The molecule has 3 heteroatoms. The van der Waals surface area contributed by atoms with Crippen LogP contribution in [0.2, 0.25) is 0 Å². The number of phenols is 1. The molecular formula is C18H18N2O. The number of rotatable bonds is 3. The summed E-state index contributed by atoms with van der Waals surface area (Å²) in [7, 11) is 0. The number of pyridine rings is 1. The zero-order valence-electron chi connectivity index (χ0n) is 12.2. The lowest BCUT2D eigenvalue weighted by Gasteiger charge is -2.13. The van der Waals surface area contributed by atoms with Gasteiger partial charge >= 0.3 is 0 Å². The standard InChI is InChI=1S/C18H18N2O/c1-12-7-9-17(13(2)20-12)19-11-16-15-6-4-3-5-14(15)8-10-18(16)21/h3-10,19,21H,11H2,1-2H3. The molecule has 0 aliphatic rings. The Labute approximate surface area is 124 Å². The number of hydrogen-bond donors (Lipinski definition) is 2. The van der Waals surface area contributed by atoms with E-state index in [0.717, 1.165) is 33.4 Å². The number of aromatic nitrogens is 1. The van der Waals surface area contributed by atoms with Crippen molar-refractivity contribution in [2.45, 2.75) is 20.4 Å². The second kappa shape index (κ2) is 5.44. The molecule has 2 aromatic carbocycles. The molecule has 0 bridgehead atoms. The van der Waals surface area contributed by atoms with E-state index in [0.29, 0.717) is 12.3 Å². The van der Waals surface area contributed by atoms with Crippen molar-refractivity contribution in [2.24, 2.45) is 0 Å². The van der Waals surface area contributed by atoms with Crippen molar-refractivity contribution in [2.75, 3.05) is 5.32 Å². The Balaban J connectivity index is 1.93. The van der Waals surface area contributed by atoms with Crippen LogP contribution in [0.3, 0.4) is 0 Å². The molecule has 0 amide bonds. The largest absolute Gasteiger partial charge is 0.508 e. The lowest BCUT2D eigenvalue weighted by atomic mass is 10.0. The Bertz CT molecular complexity index is 796. The molecule has 0 aliphatic carbocycles. The van der Waals surface area contributed by atoms with Gasteiger partial charge in [-0.05, 0) is 42.8 Å². The van der Waals surface area contributed by atoms with Gasteiger partial charge in [0.15, 0.2) is 0 Å². The monoisotopic (exact) mass is 278 g/mol. The summed E-state index contributed by atoms with van der Waals surface area (Å²) < 4.78 is 0. The average Bonchev–Trinajstić information content (AvgIpc) is 2.48. The van der Waals surface area contributed by atoms with E-state index in [2.05, 4.69) is 16.4 Å². The molecule has 0 saturated carbocycles. The Morgan fingerprint density at radius 3 is 2.62 bits per heavy atom. The van der Waals surface area contributed by atoms with Crippen LogP contribution in [0.1, 0.15) is 17.0 Å². The van der Waals surface area contributed by atoms with Gasteiger partial charge in [-0.25, -0.2) is 0 Å². The molecule has 1 aromatic heterocycles. The first-order chi connectivity index (χ1) is 10.1. The van der Waals surface area contributed by atoms with Crippen molar-refractivity contribution in [1.82, 2.24) is 4.98 Å². The summed E-state index contributed by atoms with van der Waals surface area (Å²) in [5, 5.41) is 15.7. The number of benzene rings is 2. The predicted molar refractivity (Wildman–Crippen MR) is 86.7 cm³/mol. The summed E-state index contributed by atoms with van der Waals surface area (Å²) in [6.07, 6.45) is 0. The van der Waals surface area contributed by atoms with Gasteiger partial charge < -0.3 is 10.4 Å². The molecule has 21 heavy (non-hydrogen) atoms. The molecule has 1 heterocycles. The van der Waals surface area contributed by atoms with Gasteiger partial charge in [-0.1, -0.05) is 30.3 Å². The highest BCUT2D eigenvalue weighted by Gasteiger charge is 2.07. The molecule has 0 unspecified atom stereocenters. The minimum Gasteiger partial charge on any atom is -0.508 e. The molecule has 0 atom stereocenters. The quantitative estimate of drug-likeness (QED) is 0.755. The third-order valence-electron chi connectivity index (χ3n) is 3.70. The SMILES string of the molecule is Cc1ccc(NCc2c(O)ccc3ccccc23)c(C)n1. The number of aryl methyl sites for hydroxylation is 2. The Hall–Kier alpha value is -2.55. The zero-order valence-corrected chi connectivity index (χ0v) is 12.2. The van der Waals surface area contributed by atoms with Crippen LogP contribution in [0, 0.1) is 13.8 Å². The van der Waals surface area contributed by atoms with Gasteiger partial charge in [0, 0.05) is 17.8 Å². The lowest BCUT2D eigenvalue weighted by Crippen LogP contribution is -2.03. The number of aromatic hydroxyl groups is 1. The topological polar surface area (TPSA) is 45.1 Å². The molecule has 0 saturated heterocycles. The first kappa shape index (κ1) is 13.4. The highest BCUT2D eigenvalue weighted by Crippen LogP contribution is 2.28. The van der Waals surface area contributed by atoms with Crippen molar-refractivity contribution >= 4 is 16.5 Å². The predicted octanol–water partition coefficient (Wildman–Crippen LogP) is 4.17. The smallest absolute Gasteiger partial charge is 0.121 e. The number of nitrogens with zero attached hydrogens (tertiary/aromatic N) is 1. The molecule has 3 nitrogen and oxygen atoms in total. The summed E-state index contributed by atoms with van der Waals surface area (Å²) in [4.78, 5) is 4.45. The van der Waals surface area contributed by atoms with E-state index < -0.39 is 0 Å². The van der Waals surface area contributed by atoms with Gasteiger partial charge in [0.2, 0.25) is 0 Å². The van der Waals surface area contributed by atoms with E-state index in [1.54, 1.807) is 6.07 Å². The fourth-order valence-corrected chi connectivity index (χ4v) is 2.57. The molecule has 0 radical (unpaired) electrons. The minimum absolute atomic E-state index is 0.318. The van der Waals surface area contributed by atoms with E-state index in [1.165, 1.54) is 0 Å². The molecule has 0 fully saturated rings. The Morgan fingerprint density at radius 1 is 1.00 bits per heavy atom. The van der Waals surface area contributed by atoms with Crippen molar-refractivity contribution in [3.63, 3.8) is 0 Å². The molecular weight excluding hydrogens is 260 g/mol. The highest BCUT2D eigenvalue weighted by atomic mass is 16.3. The van der Waals surface area contributed by atoms with E-state index >= 15 is 0 Å². The Kier molecular flexibility index (Phi) is 3.48. The van der Waals surface area contributed by atoms with Gasteiger partial charge in [0.05, 0.1) is 11.4 Å². The summed E-state index contributed by atoms with van der Waals surface area (Å²) >= 11 is 0. The van der Waals surface area contributed by atoms with Crippen LogP contribution < -0.4 is 5.32 Å². The molecule has 3 rings (SSSR count). The number of fused-ring (bicyclic) bond motifs is 1. The molecule has 0 spiro atoms. The fraction of sp³-hybridized carbons (Fsp3) is 0.167. The maximum absolute atomic E-state index is 10.1. The van der Waals surface area contributed by atoms with Gasteiger partial charge in [0.25, 0.3) is 0 Å². The van der Waals surface area contributed by atoms with Crippen LogP contribution in [-0.2, 0) is 6.54 Å². The maximum atomic E-state index is 10.1. The van der Waals surface area contributed by atoms with Crippen LogP contribution in [0.4, 0.5) is 5.69 Å². The summed E-state index contributed by atoms with van der Waals surface area (Å²) in [6.45, 7) is 4.53.